The van der Waals surface area contributed by atoms with Crippen LogP contribution in [0.2, 0.25) is 0 Å². The highest BCUT2D eigenvalue weighted by Crippen LogP contribution is 2.33. The molecule has 0 saturated carbocycles. The molecule has 2 heterocycles. The number of H-pyrrole nitrogens is 1. The Morgan fingerprint density at radius 1 is 1.00 bits per heavy atom. The summed E-state index contributed by atoms with van der Waals surface area (Å²) in [6.07, 6.45) is 0.777. The summed E-state index contributed by atoms with van der Waals surface area (Å²) in [4.78, 5) is 19.0. The van der Waals surface area contributed by atoms with Crippen LogP contribution in [-0.2, 0) is 18.6 Å². The third-order valence-electron chi connectivity index (χ3n) is 7.44. The number of methoxy groups -OCH3 is 1. The number of rotatable bonds is 10. The zero-order chi connectivity index (χ0) is 28.3. The molecule has 0 spiro atoms. The summed E-state index contributed by atoms with van der Waals surface area (Å²) < 4.78 is 21.1. The van der Waals surface area contributed by atoms with Gasteiger partial charge in [0.25, 0.3) is 5.56 Å². The molecule has 5 aromatic rings. The van der Waals surface area contributed by atoms with Crippen LogP contribution in [0.1, 0.15) is 55.7 Å². The molecule has 0 bridgehead atoms. The number of hydrogen-bond acceptors (Lipinski definition) is 6. The minimum Gasteiger partial charge on any atom is -0.497 e. The molecule has 3 aromatic carbocycles. The van der Waals surface area contributed by atoms with Gasteiger partial charge in [-0.15, -0.1) is 5.10 Å². The molecule has 40 heavy (non-hydrogen) atoms. The maximum atomic E-state index is 13.8. The van der Waals surface area contributed by atoms with Crippen molar-refractivity contribution in [2.75, 3.05) is 7.11 Å². The number of nitrogens with zero attached hydrogens (tertiary/aromatic N) is 5. The van der Waals surface area contributed by atoms with Gasteiger partial charge in [-0.25, -0.2) is 9.07 Å². The molecule has 0 fully saturated rings. The quantitative estimate of drug-likeness (QED) is 0.248. The van der Waals surface area contributed by atoms with E-state index in [2.05, 4.69) is 46.2 Å². The Kier molecular flexibility index (Phi) is 7.75. The van der Waals surface area contributed by atoms with E-state index in [1.54, 1.807) is 19.2 Å². The first-order chi connectivity index (χ1) is 19.3. The van der Waals surface area contributed by atoms with Crippen LogP contribution in [0.5, 0.6) is 5.75 Å². The van der Waals surface area contributed by atoms with E-state index in [1.807, 2.05) is 59.3 Å². The number of halogens is 1. The maximum absolute atomic E-state index is 13.8. The number of fused-ring (bicyclic) bond motifs is 1. The number of aromatic nitrogens is 5. The highest BCUT2D eigenvalue weighted by atomic mass is 19.1. The van der Waals surface area contributed by atoms with E-state index >= 15 is 0 Å². The van der Waals surface area contributed by atoms with E-state index < -0.39 is 11.6 Å². The topological polar surface area (TPSA) is 88.9 Å². The van der Waals surface area contributed by atoms with Crippen LogP contribution >= 0.6 is 0 Å². The molecule has 1 atom stereocenters. The van der Waals surface area contributed by atoms with Crippen LogP contribution < -0.4 is 10.3 Å². The van der Waals surface area contributed by atoms with Gasteiger partial charge in [0.15, 0.2) is 5.82 Å². The average Bonchev–Trinajstić information content (AvgIpc) is 3.45. The molecule has 0 aliphatic heterocycles. The summed E-state index contributed by atoms with van der Waals surface area (Å²) in [5, 5.41) is 13.8. The third-order valence-corrected chi connectivity index (χ3v) is 7.44. The van der Waals surface area contributed by atoms with E-state index in [-0.39, 0.29) is 11.4 Å². The van der Waals surface area contributed by atoms with E-state index in [9.17, 15) is 9.18 Å². The fourth-order valence-corrected chi connectivity index (χ4v) is 4.86. The molecule has 8 nitrogen and oxygen atoms in total. The van der Waals surface area contributed by atoms with Crippen molar-refractivity contribution in [1.82, 2.24) is 30.1 Å². The molecule has 0 unspecified atom stereocenters. The van der Waals surface area contributed by atoms with Crippen LogP contribution in [-0.4, -0.2) is 37.2 Å². The maximum Gasteiger partial charge on any atom is 0.253 e. The van der Waals surface area contributed by atoms with Gasteiger partial charge in [-0.05, 0) is 78.2 Å². The average molecular weight is 541 g/mol. The number of ether oxygens (including phenoxy) is 1. The zero-order valence-corrected chi connectivity index (χ0v) is 23.1. The molecule has 0 amide bonds. The van der Waals surface area contributed by atoms with Crippen molar-refractivity contribution in [2.45, 2.75) is 51.9 Å². The Morgan fingerprint density at radius 3 is 2.38 bits per heavy atom. The van der Waals surface area contributed by atoms with E-state index in [0.717, 1.165) is 22.9 Å². The first-order valence-electron chi connectivity index (χ1n) is 13.3. The number of aromatic amines is 1. The van der Waals surface area contributed by atoms with Gasteiger partial charge < -0.3 is 9.72 Å². The minimum atomic E-state index is -0.620. The van der Waals surface area contributed by atoms with Gasteiger partial charge in [-0.2, -0.15) is 0 Å². The summed E-state index contributed by atoms with van der Waals surface area (Å²) in [6.45, 7) is 7.14. The fourth-order valence-electron chi connectivity index (χ4n) is 4.86. The molecular formula is C31H33FN6O2. The number of pyridine rings is 1. The largest absolute Gasteiger partial charge is 0.497 e. The van der Waals surface area contributed by atoms with Gasteiger partial charge in [0.2, 0.25) is 0 Å². The van der Waals surface area contributed by atoms with E-state index in [4.69, 9.17) is 4.74 Å². The van der Waals surface area contributed by atoms with Crippen molar-refractivity contribution in [3.05, 3.63) is 118 Å². The van der Waals surface area contributed by atoms with Gasteiger partial charge >= 0.3 is 0 Å². The van der Waals surface area contributed by atoms with Gasteiger partial charge in [-0.3, -0.25) is 9.69 Å². The summed E-state index contributed by atoms with van der Waals surface area (Å²) in [6, 6.07) is 23.3. The number of hydrogen-bond donors (Lipinski definition) is 1. The number of nitrogens with one attached hydrogen (secondary N) is 1. The van der Waals surface area contributed by atoms with Gasteiger partial charge in [0.1, 0.15) is 17.6 Å². The van der Waals surface area contributed by atoms with Gasteiger partial charge in [-0.1, -0.05) is 49.4 Å². The molecule has 0 aliphatic carbocycles. The van der Waals surface area contributed by atoms with Crippen molar-refractivity contribution >= 4 is 10.9 Å². The van der Waals surface area contributed by atoms with Crippen LogP contribution in [0.25, 0.3) is 10.9 Å². The Hall–Kier alpha value is -4.37. The molecule has 0 saturated heterocycles. The monoisotopic (exact) mass is 540 g/mol. The lowest BCUT2D eigenvalue weighted by Crippen LogP contribution is -2.38. The molecular weight excluding hydrogens is 507 g/mol. The summed E-state index contributed by atoms with van der Waals surface area (Å²) in [5.74, 6) is 0.938. The Balaban J connectivity index is 1.74. The van der Waals surface area contributed by atoms with Crippen molar-refractivity contribution < 1.29 is 9.13 Å². The lowest BCUT2D eigenvalue weighted by Gasteiger charge is -2.33. The SMILES string of the molecule is CCC(C)(C)n1nnnc1[C@@H](c1cc2cc(OC)ccc2[nH]c1=O)N(Cc1ccccc1)Cc1ccc(F)cc1. The second-order valence-electron chi connectivity index (χ2n) is 10.5. The summed E-state index contributed by atoms with van der Waals surface area (Å²) in [5.41, 5.74) is 2.52. The lowest BCUT2D eigenvalue weighted by atomic mass is 9.98. The molecule has 1 N–H and O–H groups in total. The highest BCUT2D eigenvalue weighted by Gasteiger charge is 2.34. The first-order valence-corrected chi connectivity index (χ1v) is 13.3. The zero-order valence-electron chi connectivity index (χ0n) is 23.1. The smallest absolute Gasteiger partial charge is 0.253 e. The lowest BCUT2D eigenvalue weighted by molar-refractivity contribution is 0.180. The predicted molar refractivity (Wildman–Crippen MR) is 152 cm³/mol. The predicted octanol–water partition coefficient (Wildman–Crippen LogP) is 5.60. The highest BCUT2D eigenvalue weighted by molar-refractivity contribution is 5.80. The van der Waals surface area contributed by atoms with Crippen LogP contribution in [0.4, 0.5) is 4.39 Å². The van der Waals surface area contributed by atoms with E-state index in [0.29, 0.717) is 35.7 Å². The van der Waals surface area contributed by atoms with Crippen molar-refractivity contribution in [3.63, 3.8) is 0 Å². The Labute approximate surface area is 232 Å². The van der Waals surface area contributed by atoms with Crippen LogP contribution in [0.15, 0.2) is 83.7 Å². The van der Waals surface area contributed by atoms with Gasteiger partial charge in [0, 0.05) is 29.6 Å². The summed E-state index contributed by atoms with van der Waals surface area (Å²) in [7, 11) is 1.61. The molecule has 5 rings (SSSR count). The van der Waals surface area contributed by atoms with Gasteiger partial charge in [0.05, 0.1) is 12.6 Å². The Morgan fingerprint density at radius 2 is 1.70 bits per heavy atom. The molecule has 0 radical (unpaired) electrons. The normalized spacial score (nSPS) is 12.7. The molecule has 9 heteroatoms. The van der Waals surface area contributed by atoms with Crippen LogP contribution in [0, 0.1) is 5.82 Å². The van der Waals surface area contributed by atoms with Crippen molar-refractivity contribution in [3.8, 4) is 5.75 Å². The number of tetrazole rings is 1. The van der Waals surface area contributed by atoms with E-state index in [1.165, 1.54) is 12.1 Å². The van der Waals surface area contributed by atoms with Crippen molar-refractivity contribution in [1.29, 1.82) is 0 Å². The van der Waals surface area contributed by atoms with Crippen LogP contribution in [0.3, 0.4) is 0 Å². The minimum absolute atomic E-state index is 0.233. The standard InChI is InChI=1S/C31H33FN6O2/c1-5-31(2,3)38-29(34-35-36-38)28(26-18-23-17-25(40-4)15-16-27(23)33-30(26)39)37(19-21-9-7-6-8-10-21)20-22-11-13-24(32)14-12-22/h6-18,28H,5,19-20H2,1-4H3,(H,33,39)/t28-/m1/s1. The first kappa shape index (κ1) is 27.2. The summed E-state index contributed by atoms with van der Waals surface area (Å²) >= 11 is 0. The molecule has 2 aromatic heterocycles. The Bertz CT molecular complexity index is 1650. The fraction of sp³-hybridized carbons (Fsp3) is 0.290. The van der Waals surface area contributed by atoms with Crippen molar-refractivity contribution in [2.24, 2.45) is 0 Å². The second-order valence-corrected chi connectivity index (χ2v) is 10.5. The third kappa shape index (κ3) is 5.65. The molecule has 0 aliphatic rings. The number of benzene rings is 3. The second kappa shape index (κ2) is 11.4. The molecule has 206 valence electrons.